The van der Waals surface area contributed by atoms with Gasteiger partial charge in [-0.25, -0.2) is 0 Å². The lowest BCUT2D eigenvalue weighted by Gasteiger charge is -2.08. The van der Waals surface area contributed by atoms with Gasteiger partial charge in [-0.05, 0) is 81.1 Å². The Kier molecular flexibility index (Phi) is 6.83. The van der Waals surface area contributed by atoms with Crippen LogP contribution in [0.4, 0.5) is 5.82 Å². The van der Waals surface area contributed by atoms with Gasteiger partial charge in [-0.15, -0.1) is 0 Å². The second-order valence-corrected chi connectivity index (χ2v) is 9.53. The molecule has 1 amide bonds. The average molecular weight is 578 g/mol. The minimum absolute atomic E-state index is 0.223. The first kappa shape index (κ1) is 22.8. The molecule has 4 rings (SSSR count). The van der Waals surface area contributed by atoms with E-state index in [9.17, 15) is 4.79 Å². The van der Waals surface area contributed by atoms with Crippen molar-refractivity contribution in [2.45, 2.75) is 26.9 Å². The van der Waals surface area contributed by atoms with Crippen molar-refractivity contribution in [1.29, 1.82) is 0 Å². The maximum Gasteiger partial charge on any atom is 0.256 e. The Bertz CT molecular complexity index is 1280. The van der Waals surface area contributed by atoms with Crippen molar-refractivity contribution in [1.82, 2.24) is 19.6 Å². The van der Waals surface area contributed by atoms with Crippen LogP contribution in [0.1, 0.15) is 32.9 Å². The number of hydrogen-bond donors (Lipinski definition) is 1. The Balaban J connectivity index is 1.47. The summed E-state index contributed by atoms with van der Waals surface area (Å²) < 4.78 is 5.40. The average Bonchev–Trinajstić information content (AvgIpc) is 3.23. The monoisotopic (exact) mass is 575 g/mol. The predicted octanol–water partition coefficient (Wildman–Crippen LogP) is 6.22. The van der Waals surface area contributed by atoms with Gasteiger partial charge in [0.25, 0.3) is 5.91 Å². The number of nitrogens with one attached hydrogen (secondary N) is 1. The lowest BCUT2D eigenvalue weighted by molar-refractivity contribution is 0.102. The van der Waals surface area contributed by atoms with E-state index in [4.69, 9.17) is 11.6 Å². The molecule has 0 radical (unpaired) electrons. The van der Waals surface area contributed by atoms with Gasteiger partial charge in [0, 0.05) is 16.8 Å². The summed E-state index contributed by atoms with van der Waals surface area (Å²) in [6.07, 6.45) is 1.83. The fourth-order valence-corrected chi connectivity index (χ4v) is 4.16. The van der Waals surface area contributed by atoms with Crippen molar-refractivity contribution in [2.24, 2.45) is 0 Å². The minimum atomic E-state index is -0.223. The van der Waals surface area contributed by atoms with Crippen LogP contribution in [0.3, 0.4) is 0 Å². The van der Waals surface area contributed by atoms with E-state index < -0.39 is 0 Å². The number of benzene rings is 2. The van der Waals surface area contributed by atoms with E-state index >= 15 is 0 Å². The number of aryl methyl sites for hydroxylation is 1. The van der Waals surface area contributed by atoms with Crippen molar-refractivity contribution >= 4 is 55.2 Å². The Hall–Kier alpha value is -2.42. The maximum absolute atomic E-state index is 12.9. The molecule has 1 N–H and O–H groups in total. The highest BCUT2D eigenvalue weighted by atomic mass is 79.9. The Morgan fingerprint density at radius 3 is 2.47 bits per heavy atom. The first-order valence-electron chi connectivity index (χ1n) is 9.87. The summed E-state index contributed by atoms with van der Waals surface area (Å²) in [6.45, 7) is 5.12. The van der Waals surface area contributed by atoms with E-state index in [0.717, 1.165) is 27.0 Å². The molecule has 0 spiro atoms. The van der Waals surface area contributed by atoms with Crippen LogP contribution in [0.2, 0.25) is 5.02 Å². The van der Waals surface area contributed by atoms with Crippen LogP contribution >= 0.6 is 43.5 Å². The Morgan fingerprint density at radius 1 is 1.03 bits per heavy atom. The first-order chi connectivity index (χ1) is 15.3. The normalized spacial score (nSPS) is 11.0. The molecule has 4 aromatic rings. The van der Waals surface area contributed by atoms with Crippen LogP contribution in [0.25, 0.3) is 0 Å². The number of halogens is 3. The first-order valence-corrected chi connectivity index (χ1v) is 11.8. The zero-order chi connectivity index (χ0) is 22.8. The van der Waals surface area contributed by atoms with Crippen molar-refractivity contribution in [2.75, 3.05) is 5.32 Å². The second kappa shape index (κ2) is 9.60. The molecule has 0 saturated heterocycles. The molecule has 0 aliphatic carbocycles. The lowest BCUT2D eigenvalue weighted by Crippen LogP contribution is -2.14. The van der Waals surface area contributed by atoms with Crippen LogP contribution in [0.5, 0.6) is 0 Å². The van der Waals surface area contributed by atoms with Crippen molar-refractivity contribution < 1.29 is 4.79 Å². The van der Waals surface area contributed by atoms with Gasteiger partial charge in [-0.3, -0.25) is 14.2 Å². The van der Waals surface area contributed by atoms with Gasteiger partial charge in [0.2, 0.25) is 0 Å². The number of nitrogens with zero attached hydrogens (tertiary/aromatic N) is 4. The molecule has 0 aliphatic heterocycles. The zero-order valence-electron chi connectivity index (χ0n) is 17.4. The summed E-state index contributed by atoms with van der Waals surface area (Å²) in [5.74, 6) is 0.246. The van der Waals surface area contributed by atoms with E-state index in [-0.39, 0.29) is 5.91 Å². The molecular formula is C23H20Br2ClN5O. The van der Waals surface area contributed by atoms with Gasteiger partial charge < -0.3 is 5.32 Å². The highest BCUT2D eigenvalue weighted by Gasteiger charge is 2.14. The number of aromatic nitrogens is 4. The largest absolute Gasteiger partial charge is 0.304 e. The fourth-order valence-electron chi connectivity index (χ4n) is 3.33. The number of carbonyl (C=O) groups excluding carboxylic acids is 1. The van der Waals surface area contributed by atoms with Crippen LogP contribution in [-0.2, 0) is 13.1 Å². The van der Waals surface area contributed by atoms with E-state index in [1.54, 1.807) is 10.7 Å². The fraction of sp³-hybridized carbons (Fsp3) is 0.174. The molecular weight excluding hydrogens is 558 g/mol. The van der Waals surface area contributed by atoms with E-state index in [0.29, 0.717) is 34.0 Å². The minimum Gasteiger partial charge on any atom is -0.304 e. The molecule has 0 saturated carbocycles. The molecule has 0 fully saturated rings. The summed E-state index contributed by atoms with van der Waals surface area (Å²) in [5, 5.41) is 12.6. The van der Waals surface area contributed by atoms with Crippen molar-refractivity contribution in [3.05, 3.63) is 96.8 Å². The summed E-state index contributed by atoms with van der Waals surface area (Å²) in [5.41, 5.74) is 4.60. The Morgan fingerprint density at radius 2 is 1.78 bits per heavy atom. The zero-order valence-corrected chi connectivity index (χ0v) is 21.4. The SMILES string of the molecule is Cc1nn(Cc2cccc(C(=O)Nc3nn(Cc4ccc(Cl)cc4)cc3Br)c2)c(C)c1Br. The third kappa shape index (κ3) is 5.14. The molecule has 0 unspecified atom stereocenters. The number of carbonyl (C=O) groups is 1. The smallest absolute Gasteiger partial charge is 0.256 e. The molecule has 9 heteroatoms. The highest BCUT2D eigenvalue weighted by molar-refractivity contribution is 9.11. The maximum atomic E-state index is 12.9. The standard InChI is InChI=1S/C23H20Br2ClN5O/c1-14-21(25)15(2)31(28-14)12-17-4-3-5-18(10-17)23(32)27-22-20(24)13-30(29-22)11-16-6-8-19(26)9-7-16/h3-10,13H,11-12H2,1-2H3,(H,27,29,32). The van der Waals surface area contributed by atoms with Gasteiger partial charge in [0.1, 0.15) is 0 Å². The molecule has 6 nitrogen and oxygen atoms in total. The molecule has 2 heterocycles. The molecule has 164 valence electrons. The summed E-state index contributed by atoms with van der Waals surface area (Å²) >= 11 is 13.0. The van der Waals surface area contributed by atoms with E-state index in [2.05, 4.69) is 47.4 Å². The Labute approximate surface area is 207 Å². The van der Waals surface area contributed by atoms with E-state index in [1.807, 2.05) is 67.2 Å². The van der Waals surface area contributed by atoms with Gasteiger partial charge >= 0.3 is 0 Å². The molecule has 2 aromatic carbocycles. The summed E-state index contributed by atoms with van der Waals surface area (Å²) in [7, 11) is 0. The molecule has 0 bridgehead atoms. The van der Waals surface area contributed by atoms with Gasteiger partial charge in [-0.1, -0.05) is 35.9 Å². The van der Waals surface area contributed by atoms with Gasteiger partial charge in [0.15, 0.2) is 5.82 Å². The molecule has 32 heavy (non-hydrogen) atoms. The van der Waals surface area contributed by atoms with Crippen LogP contribution in [-0.4, -0.2) is 25.5 Å². The molecule has 0 atom stereocenters. The second-order valence-electron chi connectivity index (χ2n) is 7.45. The van der Waals surface area contributed by atoms with Crippen LogP contribution in [0, 0.1) is 13.8 Å². The number of anilines is 1. The summed E-state index contributed by atoms with van der Waals surface area (Å²) in [6, 6.07) is 15.1. The van der Waals surface area contributed by atoms with Gasteiger partial charge in [-0.2, -0.15) is 10.2 Å². The quantitative estimate of drug-likeness (QED) is 0.296. The van der Waals surface area contributed by atoms with Crippen LogP contribution in [0.15, 0.2) is 63.7 Å². The summed E-state index contributed by atoms with van der Waals surface area (Å²) in [4.78, 5) is 12.9. The molecule has 2 aromatic heterocycles. The number of rotatable bonds is 6. The third-order valence-electron chi connectivity index (χ3n) is 5.02. The predicted molar refractivity (Wildman–Crippen MR) is 133 cm³/mol. The highest BCUT2D eigenvalue weighted by Crippen LogP contribution is 2.23. The third-order valence-corrected chi connectivity index (χ3v) is 7.00. The van der Waals surface area contributed by atoms with E-state index in [1.165, 1.54) is 0 Å². The van der Waals surface area contributed by atoms with Crippen LogP contribution < -0.4 is 5.32 Å². The topological polar surface area (TPSA) is 64.7 Å². The lowest BCUT2D eigenvalue weighted by atomic mass is 10.1. The molecule has 0 aliphatic rings. The van der Waals surface area contributed by atoms with Gasteiger partial charge in [0.05, 0.1) is 33.4 Å². The number of amides is 1. The number of hydrogen-bond acceptors (Lipinski definition) is 3. The van der Waals surface area contributed by atoms with Crippen molar-refractivity contribution in [3.8, 4) is 0 Å². The van der Waals surface area contributed by atoms with Crippen molar-refractivity contribution in [3.63, 3.8) is 0 Å².